The number of methoxy groups -OCH3 is 1. The predicted molar refractivity (Wildman–Crippen MR) is 56.3 cm³/mol. The fourth-order valence-electron chi connectivity index (χ4n) is 1.31. The van der Waals surface area contributed by atoms with Gasteiger partial charge in [-0.15, -0.1) is 0 Å². The third kappa shape index (κ3) is 1.79. The average Bonchev–Trinajstić information content (AvgIpc) is 2.78. The van der Waals surface area contributed by atoms with Crippen molar-refractivity contribution in [3.05, 3.63) is 30.2 Å². The van der Waals surface area contributed by atoms with Gasteiger partial charge < -0.3 is 9.26 Å². The highest BCUT2D eigenvalue weighted by Gasteiger charge is 2.14. The summed E-state index contributed by atoms with van der Waals surface area (Å²) in [5.41, 5.74) is 0.696. The highest BCUT2D eigenvalue weighted by molar-refractivity contribution is 5.89. The van der Waals surface area contributed by atoms with Crippen LogP contribution >= 0.6 is 0 Å². The van der Waals surface area contributed by atoms with Crippen LogP contribution in [0.5, 0.6) is 5.75 Å². The summed E-state index contributed by atoms with van der Waals surface area (Å²) in [6, 6.07) is 7.27. The lowest BCUT2D eigenvalue weighted by molar-refractivity contribution is 0.0972. The van der Waals surface area contributed by atoms with E-state index in [0.29, 0.717) is 17.1 Å². The molecule has 0 unspecified atom stereocenters. The molecule has 16 heavy (non-hydrogen) atoms. The Morgan fingerprint density at radius 1 is 1.38 bits per heavy atom. The summed E-state index contributed by atoms with van der Waals surface area (Å²) < 4.78 is 9.98. The van der Waals surface area contributed by atoms with E-state index in [1.54, 1.807) is 19.2 Å². The van der Waals surface area contributed by atoms with E-state index in [4.69, 9.17) is 9.26 Å². The number of rotatable bonds is 3. The Morgan fingerprint density at radius 2 is 2.12 bits per heavy atom. The molecule has 82 valence electrons. The maximum Gasteiger partial charge on any atom is 0.294 e. The Balaban J connectivity index is 2.46. The van der Waals surface area contributed by atoms with Gasteiger partial charge in [-0.3, -0.25) is 4.79 Å². The highest BCUT2D eigenvalue weighted by Crippen LogP contribution is 2.26. The van der Waals surface area contributed by atoms with E-state index in [0.717, 1.165) is 0 Å². The summed E-state index contributed by atoms with van der Waals surface area (Å²) in [4.78, 5) is 15.0. The Kier molecular flexibility index (Phi) is 2.68. The van der Waals surface area contributed by atoms with Gasteiger partial charge in [-0.25, -0.2) is 0 Å². The third-order valence-electron chi connectivity index (χ3n) is 2.08. The summed E-state index contributed by atoms with van der Waals surface area (Å²) in [5, 5.41) is 3.73. The molecule has 1 aromatic heterocycles. The molecule has 0 N–H and O–H groups in total. The summed E-state index contributed by atoms with van der Waals surface area (Å²) >= 11 is 0. The van der Waals surface area contributed by atoms with Gasteiger partial charge in [0, 0.05) is 6.92 Å². The number of Topliss-reactive ketones (excluding diaryl/α,β-unsaturated/α-hetero) is 1. The van der Waals surface area contributed by atoms with Gasteiger partial charge in [0.15, 0.2) is 0 Å². The van der Waals surface area contributed by atoms with Gasteiger partial charge in [0.1, 0.15) is 5.75 Å². The Labute approximate surface area is 92.0 Å². The van der Waals surface area contributed by atoms with E-state index in [1.807, 2.05) is 12.1 Å². The maximum absolute atomic E-state index is 11.0. The Bertz CT molecular complexity index is 519. The molecule has 0 atom stereocenters. The first-order valence-electron chi connectivity index (χ1n) is 4.70. The normalized spacial score (nSPS) is 10.1. The number of hydrogen-bond acceptors (Lipinski definition) is 5. The molecular weight excluding hydrogens is 208 g/mol. The molecule has 1 heterocycles. The molecule has 5 nitrogen and oxygen atoms in total. The lowest BCUT2D eigenvalue weighted by Gasteiger charge is -2.02. The smallest absolute Gasteiger partial charge is 0.294 e. The van der Waals surface area contributed by atoms with E-state index in [1.165, 1.54) is 6.92 Å². The molecule has 0 radical (unpaired) electrons. The molecule has 0 aliphatic rings. The number of benzene rings is 1. The largest absolute Gasteiger partial charge is 0.496 e. The van der Waals surface area contributed by atoms with E-state index >= 15 is 0 Å². The second-order valence-corrected chi connectivity index (χ2v) is 3.18. The highest BCUT2D eigenvalue weighted by atomic mass is 16.5. The molecule has 0 spiro atoms. The summed E-state index contributed by atoms with van der Waals surface area (Å²) in [6.45, 7) is 1.37. The van der Waals surface area contributed by atoms with Crippen LogP contribution in [0.25, 0.3) is 11.4 Å². The topological polar surface area (TPSA) is 65.2 Å². The van der Waals surface area contributed by atoms with Crippen molar-refractivity contribution in [2.45, 2.75) is 6.92 Å². The minimum Gasteiger partial charge on any atom is -0.496 e. The van der Waals surface area contributed by atoms with Crippen LogP contribution in [-0.2, 0) is 0 Å². The van der Waals surface area contributed by atoms with Gasteiger partial charge in [-0.2, -0.15) is 4.98 Å². The van der Waals surface area contributed by atoms with Crippen molar-refractivity contribution in [3.8, 4) is 17.1 Å². The molecule has 2 rings (SSSR count). The van der Waals surface area contributed by atoms with Crippen molar-refractivity contribution in [2.24, 2.45) is 0 Å². The van der Waals surface area contributed by atoms with Crippen molar-refractivity contribution in [3.63, 3.8) is 0 Å². The van der Waals surface area contributed by atoms with Crippen LogP contribution in [0.1, 0.15) is 17.6 Å². The second-order valence-electron chi connectivity index (χ2n) is 3.18. The van der Waals surface area contributed by atoms with Crippen molar-refractivity contribution < 1.29 is 14.1 Å². The van der Waals surface area contributed by atoms with E-state index in [-0.39, 0.29) is 11.7 Å². The molecule has 5 heteroatoms. The van der Waals surface area contributed by atoms with Crippen LogP contribution in [0.3, 0.4) is 0 Å². The van der Waals surface area contributed by atoms with Crippen LogP contribution in [0.4, 0.5) is 0 Å². The molecule has 2 aromatic rings. The summed E-state index contributed by atoms with van der Waals surface area (Å²) in [7, 11) is 1.56. The van der Waals surface area contributed by atoms with Crippen LogP contribution in [0.2, 0.25) is 0 Å². The zero-order chi connectivity index (χ0) is 11.5. The molecule has 0 amide bonds. The van der Waals surface area contributed by atoms with Gasteiger partial charge in [0.2, 0.25) is 11.6 Å². The molecule has 0 saturated carbocycles. The monoisotopic (exact) mass is 218 g/mol. The third-order valence-corrected chi connectivity index (χ3v) is 2.08. The first-order chi connectivity index (χ1) is 7.72. The van der Waals surface area contributed by atoms with Crippen LogP contribution in [0.15, 0.2) is 28.8 Å². The van der Waals surface area contributed by atoms with Crippen molar-refractivity contribution in [1.29, 1.82) is 0 Å². The molecular formula is C11H10N2O3. The Morgan fingerprint density at radius 3 is 2.75 bits per heavy atom. The standard InChI is InChI=1S/C11H10N2O3/c1-7(14)11-12-10(13-16-11)8-5-3-4-6-9(8)15-2/h3-6H,1-2H3. The lowest BCUT2D eigenvalue weighted by Crippen LogP contribution is -1.92. The Hall–Kier alpha value is -2.17. The predicted octanol–water partition coefficient (Wildman–Crippen LogP) is 1.95. The molecule has 0 fully saturated rings. The number of nitrogens with zero attached hydrogens (tertiary/aromatic N) is 2. The molecule has 0 bridgehead atoms. The van der Waals surface area contributed by atoms with Gasteiger partial charge in [-0.1, -0.05) is 17.3 Å². The van der Waals surface area contributed by atoms with Crippen molar-refractivity contribution in [1.82, 2.24) is 10.1 Å². The minimum absolute atomic E-state index is 0.000839. The van der Waals surface area contributed by atoms with E-state index in [2.05, 4.69) is 10.1 Å². The molecule has 1 aromatic carbocycles. The van der Waals surface area contributed by atoms with Crippen molar-refractivity contribution in [2.75, 3.05) is 7.11 Å². The van der Waals surface area contributed by atoms with Gasteiger partial charge in [-0.05, 0) is 12.1 Å². The SMILES string of the molecule is COc1ccccc1-c1noc(C(C)=O)n1. The summed E-state index contributed by atoms with van der Waals surface area (Å²) in [6.07, 6.45) is 0. The molecule has 0 aliphatic carbocycles. The minimum atomic E-state index is -0.256. The number of carbonyl (C=O) groups excluding carboxylic acids is 1. The first kappa shape index (κ1) is 10.4. The quantitative estimate of drug-likeness (QED) is 0.736. The van der Waals surface area contributed by atoms with Gasteiger partial charge in [0.05, 0.1) is 12.7 Å². The number of ether oxygens (including phenoxy) is 1. The van der Waals surface area contributed by atoms with Gasteiger partial charge >= 0.3 is 0 Å². The van der Waals surface area contributed by atoms with Crippen LogP contribution < -0.4 is 4.74 Å². The van der Waals surface area contributed by atoms with Crippen molar-refractivity contribution >= 4 is 5.78 Å². The summed E-state index contributed by atoms with van der Waals surface area (Å²) in [5.74, 6) is 0.732. The number of hydrogen-bond donors (Lipinski definition) is 0. The average molecular weight is 218 g/mol. The fourth-order valence-corrected chi connectivity index (χ4v) is 1.31. The first-order valence-corrected chi connectivity index (χ1v) is 4.70. The zero-order valence-corrected chi connectivity index (χ0v) is 8.93. The maximum atomic E-state index is 11.0. The lowest BCUT2D eigenvalue weighted by atomic mass is 10.2. The number of aromatic nitrogens is 2. The second kappa shape index (κ2) is 4.14. The van der Waals surface area contributed by atoms with E-state index in [9.17, 15) is 4.79 Å². The number of para-hydroxylation sites is 1. The van der Waals surface area contributed by atoms with Crippen LogP contribution in [0, 0.1) is 0 Å². The number of ketones is 1. The van der Waals surface area contributed by atoms with Crippen LogP contribution in [-0.4, -0.2) is 23.0 Å². The molecule has 0 saturated heterocycles. The zero-order valence-electron chi connectivity index (χ0n) is 8.93. The van der Waals surface area contributed by atoms with E-state index < -0.39 is 0 Å². The number of carbonyl (C=O) groups is 1. The van der Waals surface area contributed by atoms with Gasteiger partial charge in [0.25, 0.3) is 5.89 Å². The fraction of sp³-hybridized carbons (Fsp3) is 0.182. The molecule has 0 aliphatic heterocycles.